The molecule has 4 nitrogen and oxygen atoms in total. The van der Waals surface area contributed by atoms with E-state index in [1.165, 1.54) is 0 Å². The summed E-state index contributed by atoms with van der Waals surface area (Å²) in [6.07, 6.45) is 2.64. The molecule has 0 atom stereocenters. The molecule has 0 saturated carbocycles. The van der Waals surface area contributed by atoms with Crippen molar-refractivity contribution in [1.29, 1.82) is 0 Å². The van der Waals surface area contributed by atoms with Gasteiger partial charge in [-0.3, -0.25) is 4.68 Å². The van der Waals surface area contributed by atoms with Gasteiger partial charge in [0.25, 0.3) is 0 Å². The fraction of sp³-hybridized carbons (Fsp3) is 0.300. The average Bonchev–Trinajstić information content (AvgIpc) is 2.69. The van der Waals surface area contributed by atoms with Gasteiger partial charge in [0.05, 0.1) is 10.2 Å². The van der Waals surface area contributed by atoms with E-state index in [9.17, 15) is 0 Å². The van der Waals surface area contributed by atoms with Crippen molar-refractivity contribution in [3.8, 4) is 11.5 Å². The fourth-order valence-corrected chi connectivity index (χ4v) is 1.99. The highest BCUT2D eigenvalue weighted by Gasteiger charge is 2.12. The van der Waals surface area contributed by atoms with Gasteiger partial charge in [-0.2, -0.15) is 5.10 Å². The Balaban J connectivity index is 2.54. The molecule has 0 unspecified atom stereocenters. The minimum absolute atomic E-state index is 0.424. The van der Waals surface area contributed by atoms with Crippen LogP contribution in [0.5, 0.6) is 0 Å². The average molecular weight is 302 g/mol. The smallest absolute Gasteiger partial charge is 0.181 e. The summed E-state index contributed by atoms with van der Waals surface area (Å²) in [7, 11) is 1.85. The molecule has 0 N–H and O–H groups in total. The zero-order valence-corrected chi connectivity index (χ0v) is 11.2. The number of aryl methyl sites for hydroxylation is 2. The molecule has 2 aromatic heterocycles. The van der Waals surface area contributed by atoms with Crippen molar-refractivity contribution in [3.63, 3.8) is 0 Å². The number of hydrogen-bond acceptors (Lipinski definition) is 3. The third-order valence-electron chi connectivity index (χ3n) is 2.16. The standard InChI is InChI=1S/C10H10BrClN4/c1-3-6-8(11)9(12)14-10(13-6)7-4-5-16(2)15-7/h4-5H,3H2,1-2H3. The van der Waals surface area contributed by atoms with E-state index in [-0.39, 0.29) is 0 Å². The lowest BCUT2D eigenvalue weighted by molar-refractivity contribution is 0.768. The second-order valence-electron chi connectivity index (χ2n) is 3.33. The molecule has 0 amide bonds. The van der Waals surface area contributed by atoms with Crippen LogP contribution in [0.3, 0.4) is 0 Å². The summed E-state index contributed by atoms with van der Waals surface area (Å²) in [4.78, 5) is 8.61. The molecule has 2 rings (SSSR count). The van der Waals surface area contributed by atoms with Crippen molar-refractivity contribution in [2.24, 2.45) is 7.05 Å². The molecule has 0 bridgehead atoms. The molecule has 0 aliphatic carbocycles. The molecule has 2 heterocycles. The largest absolute Gasteiger partial charge is 0.275 e. The van der Waals surface area contributed by atoms with Crippen LogP contribution in [0.15, 0.2) is 16.7 Å². The molecule has 0 spiro atoms. The van der Waals surface area contributed by atoms with Crippen molar-refractivity contribution < 1.29 is 0 Å². The van der Waals surface area contributed by atoms with Gasteiger partial charge < -0.3 is 0 Å². The van der Waals surface area contributed by atoms with Crippen LogP contribution in [-0.2, 0) is 13.5 Å². The predicted molar refractivity (Wildman–Crippen MR) is 66.3 cm³/mol. The zero-order chi connectivity index (χ0) is 11.7. The summed E-state index contributed by atoms with van der Waals surface area (Å²) >= 11 is 9.39. The Labute approximate surface area is 107 Å². The van der Waals surface area contributed by atoms with Crippen LogP contribution in [0.4, 0.5) is 0 Å². The summed E-state index contributed by atoms with van der Waals surface area (Å²) < 4.78 is 2.47. The SMILES string of the molecule is CCc1nc(-c2ccn(C)n2)nc(Cl)c1Br. The lowest BCUT2D eigenvalue weighted by Crippen LogP contribution is -1.98. The second kappa shape index (κ2) is 4.51. The molecule has 6 heteroatoms. The Morgan fingerprint density at radius 3 is 2.75 bits per heavy atom. The van der Waals surface area contributed by atoms with Gasteiger partial charge in [-0.15, -0.1) is 0 Å². The maximum atomic E-state index is 6.02. The Hall–Kier alpha value is -0.940. The van der Waals surface area contributed by atoms with Crippen LogP contribution >= 0.6 is 27.5 Å². The molecule has 0 aromatic carbocycles. The van der Waals surface area contributed by atoms with E-state index in [1.807, 2.05) is 26.2 Å². The van der Waals surface area contributed by atoms with Crippen molar-refractivity contribution in [1.82, 2.24) is 19.7 Å². The van der Waals surface area contributed by atoms with Gasteiger partial charge in [0, 0.05) is 13.2 Å². The first kappa shape index (κ1) is 11.5. The highest BCUT2D eigenvalue weighted by Crippen LogP contribution is 2.26. The molecule has 0 radical (unpaired) electrons. The fourth-order valence-electron chi connectivity index (χ4n) is 1.35. The molecular weight excluding hydrogens is 291 g/mol. The first-order chi connectivity index (χ1) is 7.61. The van der Waals surface area contributed by atoms with E-state index < -0.39 is 0 Å². The molecule has 0 aliphatic heterocycles. The van der Waals surface area contributed by atoms with Gasteiger partial charge in [-0.05, 0) is 28.4 Å². The Morgan fingerprint density at radius 1 is 1.44 bits per heavy atom. The number of hydrogen-bond donors (Lipinski definition) is 0. The van der Waals surface area contributed by atoms with Crippen molar-refractivity contribution in [2.45, 2.75) is 13.3 Å². The molecule has 2 aromatic rings. The molecule has 84 valence electrons. The van der Waals surface area contributed by atoms with Gasteiger partial charge in [0.2, 0.25) is 0 Å². The summed E-state index contributed by atoms with van der Waals surface area (Å²) in [5.41, 5.74) is 1.62. The van der Waals surface area contributed by atoms with Crippen LogP contribution in [0.2, 0.25) is 5.15 Å². The summed E-state index contributed by atoms with van der Waals surface area (Å²) in [6.45, 7) is 2.02. The highest BCUT2D eigenvalue weighted by molar-refractivity contribution is 9.10. The van der Waals surface area contributed by atoms with Gasteiger partial charge in [0.1, 0.15) is 10.8 Å². The summed E-state index contributed by atoms with van der Waals surface area (Å²) in [5, 5.41) is 4.67. The molecule has 0 fully saturated rings. The minimum atomic E-state index is 0.424. The van der Waals surface area contributed by atoms with Crippen molar-refractivity contribution in [2.75, 3.05) is 0 Å². The first-order valence-corrected chi connectivity index (χ1v) is 6.01. The highest BCUT2D eigenvalue weighted by atomic mass is 79.9. The predicted octanol–water partition coefficient (Wildman–Crippen LogP) is 2.86. The molecule has 0 saturated heterocycles. The zero-order valence-electron chi connectivity index (χ0n) is 8.91. The van der Waals surface area contributed by atoms with E-state index in [4.69, 9.17) is 11.6 Å². The lowest BCUT2D eigenvalue weighted by atomic mass is 10.3. The Bertz CT molecular complexity index is 524. The molecule has 16 heavy (non-hydrogen) atoms. The minimum Gasteiger partial charge on any atom is -0.275 e. The number of nitrogens with zero attached hydrogens (tertiary/aromatic N) is 4. The van der Waals surface area contributed by atoms with Gasteiger partial charge in [0.15, 0.2) is 5.82 Å². The first-order valence-electron chi connectivity index (χ1n) is 4.83. The maximum absolute atomic E-state index is 6.02. The third kappa shape index (κ3) is 2.10. The lowest BCUT2D eigenvalue weighted by Gasteiger charge is -2.04. The van der Waals surface area contributed by atoms with Crippen LogP contribution in [0.25, 0.3) is 11.5 Å². The normalized spacial score (nSPS) is 10.8. The van der Waals surface area contributed by atoms with Gasteiger partial charge in [-0.1, -0.05) is 18.5 Å². The van der Waals surface area contributed by atoms with Crippen LogP contribution < -0.4 is 0 Å². The van der Waals surface area contributed by atoms with Gasteiger partial charge >= 0.3 is 0 Å². The van der Waals surface area contributed by atoms with Gasteiger partial charge in [-0.25, -0.2) is 9.97 Å². The van der Waals surface area contributed by atoms with Crippen LogP contribution in [0.1, 0.15) is 12.6 Å². The second-order valence-corrected chi connectivity index (χ2v) is 4.48. The molecular formula is C10H10BrClN4. The monoisotopic (exact) mass is 300 g/mol. The van der Waals surface area contributed by atoms with E-state index in [0.717, 1.165) is 22.3 Å². The van der Waals surface area contributed by atoms with E-state index in [1.54, 1.807) is 4.68 Å². The summed E-state index contributed by atoms with van der Waals surface area (Å²) in [5.74, 6) is 0.561. The van der Waals surface area contributed by atoms with E-state index >= 15 is 0 Å². The summed E-state index contributed by atoms with van der Waals surface area (Å²) in [6, 6.07) is 1.86. The molecule has 0 aliphatic rings. The van der Waals surface area contributed by atoms with Crippen molar-refractivity contribution >= 4 is 27.5 Å². The number of rotatable bonds is 2. The topological polar surface area (TPSA) is 43.6 Å². The van der Waals surface area contributed by atoms with E-state index in [0.29, 0.717) is 11.0 Å². The number of halogens is 2. The number of aromatic nitrogens is 4. The Morgan fingerprint density at radius 2 is 2.19 bits per heavy atom. The van der Waals surface area contributed by atoms with E-state index in [2.05, 4.69) is 31.0 Å². The quantitative estimate of drug-likeness (QED) is 0.801. The maximum Gasteiger partial charge on any atom is 0.181 e. The Kier molecular flexibility index (Phi) is 3.25. The van der Waals surface area contributed by atoms with Crippen LogP contribution in [0, 0.1) is 0 Å². The van der Waals surface area contributed by atoms with Crippen LogP contribution in [-0.4, -0.2) is 19.7 Å². The van der Waals surface area contributed by atoms with Crippen molar-refractivity contribution in [3.05, 3.63) is 27.6 Å². The third-order valence-corrected chi connectivity index (χ3v) is 3.49.